The molecule has 6 nitrogen and oxygen atoms in total. The summed E-state index contributed by atoms with van der Waals surface area (Å²) < 4.78 is 5.25. The zero-order chi connectivity index (χ0) is 20.4. The highest BCUT2D eigenvalue weighted by molar-refractivity contribution is 6.12. The summed E-state index contributed by atoms with van der Waals surface area (Å²) in [4.78, 5) is 27.3. The Hall–Kier alpha value is -3.64. The van der Waals surface area contributed by atoms with Crippen LogP contribution in [0.2, 0.25) is 0 Å². The first kappa shape index (κ1) is 18.7. The van der Waals surface area contributed by atoms with E-state index in [1.807, 2.05) is 6.07 Å². The molecule has 1 heterocycles. The van der Waals surface area contributed by atoms with Crippen LogP contribution in [0.5, 0.6) is 5.75 Å². The third-order valence-electron chi connectivity index (χ3n) is 5.01. The Morgan fingerprint density at radius 2 is 1.66 bits per heavy atom. The summed E-state index contributed by atoms with van der Waals surface area (Å²) in [7, 11) is 1.52. The molecule has 0 aromatic heterocycles. The number of anilines is 2. The van der Waals surface area contributed by atoms with Gasteiger partial charge in [0.2, 0.25) is 5.91 Å². The molecule has 0 spiro atoms. The van der Waals surface area contributed by atoms with Gasteiger partial charge >= 0.3 is 0 Å². The van der Waals surface area contributed by atoms with Crippen molar-refractivity contribution in [3.05, 3.63) is 90.0 Å². The fourth-order valence-corrected chi connectivity index (χ4v) is 3.63. The molecule has 0 fully saturated rings. The first-order valence-electron chi connectivity index (χ1n) is 9.18. The van der Waals surface area contributed by atoms with Crippen molar-refractivity contribution in [1.29, 1.82) is 0 Å². The topological polar surface area (TPSA) is 78.9 Å². The average molecular weight is 388 g/mol. The quantitative estimate of drug-likeness (QED) is 0.704. The number of benzene rings is 3. The third kappa shape index (κ3) is 3.13. The highest BCUT2D eigenvalue weighted by Gasteiger charge is 2.51. The van der Waals surface area contributed by atoms with Crippen molar-refractivity contribution < 1.29 is 19.4 Å². The minimum Gasteiger partial charge on any atom is -0.495 e. The molecule has 146 valence electrons. The van der Waals surface area contributed by atoms with Gasteiger partial charge in [-0.05, 0) is 23.8 Å². The summed E-state index contributed by atoms with van der Waals surface area (Å²) >= 11 is 0. The van der Waals surface area contributed by atoms with E-state index >= 15 is 0 Å². The van der Waals surface area contributed by atoms with Crippen molar-refractivity contribution in [2.45, 2.75) is 5.60 Å². The predicted octanol–water partition coefficient (Wildman–Crippen LogP) is 2.92. The molecule has 1 atom stereocenters. The van der Waals surface area contributed by atoms with Crippen LogP contribution in [-0.2, 0) is 15.2 Å². The van der Waals surface area contributed by atoms with Crippen molar-refractivity contribution in [2.75, 3.05) is 23.9 Å². The van der Waals surface area contributed by atoms with Crippen LogP contribution < -0.4 is 15.0 Å². The summed E-state index contributed by atoms with van der Waals surface area (Å²) in [6.45, 7) is -0.233. The molecule has 0 saturated heterocycles. The van der Waals surface area contributed by atoms with E-state index in [4.69, 9.17) is 4.74 Å². The number of ether oxygens (including phenoxy) is 1. The molecule has 1 unspecified atom stereocenters. The monoisotopic (exact) mass is 388 g/mol. The van der Waals surface area contributed by atoms with Gasteiger partial charge in [-0.2, -0.15) is 0 Å². The summed E-state index contributed by atoms with van der Waals surface area (Å²) in [5.41, 5.74) is 0.117. The first-order chi connectivity index (χ1) is 14.1. The van der Waals surface area contributed by atoms with Crippen molar-refractivity contribution in [1.82, 2.24) is 0 Å². The number of fused-ring (bicyclic) bond motifs is 1. The number of carbonyl (C=O) groups excluding carboxylic acids is 2. The van der Waals surface area contributed by atoms with Crippen LogP contribution in [-0.4, -0.2) is 30.6 Å². The van der Waals surface area contributed by atoms with Gasteiger partial charge in [-0.15, -0.1) is 0 Å². The van der Waals surface area contributed by atoms with E-state index in [1.165, 1.54) is 12.0 Å². The second-order valence-corrected chi connectivity index (χ2v) is 6.73. The number of hydrogen-bond donors (Lipinski definition) is 2. The molecule has 3 aromatic rings. The molecule has 2 N–H and O–H groups in total. The molecular weight excluding hydrogens is 368 g/mol. The van der Waals surface area contributed by atoms with Crippen LogP contribution in [0.1, 0.15) is 11.1 Å². The largest absolute Gasteiger partial charge is 0.495 e. The number of rotatable bonds is 5. The maximum absolute atomic E-state index is 13.3. The Balaban J connectivity index is 1.65. The van der Waals surface area contributed by atoms with Crippen molar-refractivity contribution >= 4 is 23.2 Å². The van der Waals surface area contributed by atoms with Gasteiger partial charge in [-0.25, -0.2) is 0 Å². The Bertz CT molecular complexity index is 1070. The van der Waals surface area contributed by atoms with E-state index in [2.05, 4.69) is 5.32 Å². The number of para-hydroxylation sites is 3. The van der Waals surface area contributed by atoms with Gasteiger partial charge in [0.1, 0.15) is 12.3 Å². The number of hydrogen-bond acceptors (Lipinski definition) is 4. The second kappa shape index (κ2) is 7.41. The Labute approximate surface area is 168 Å². The van der Waals surface area contributed by atoms with E-state index < -0.39 is 17.4 Å². The second-order valence-electron chi connectivity index (χ2n) is 6.73. The van der Waals surface area contributed by atoms with Crippen molar-refractivity contribution in [2.24, 2.45) is 0 Å². The minimum atomic E-state index is -1.83. The molecule has 3 aromatic carbocycles. The lowest BCUT2D eigenvalue weighted by molar-refractivity contribution is -0.133. The molecule has 0 aliphatic carbocycles. The predicted molar refractivity (Wildman–Crippen MR) is 110 cm³/mol. The minimum absolute atomic E-state index is 0.233. The van der Waals surface area contributed by atoms with Crippen LogP contribution in [0.4, 0.5) is 11.4 Å². The molecule has 0 saturated carbocycles. The Morgan fingerprint density at radius 1 is 1.00 bits per heavy atom. The van der Waals surface area contributed by atoms with Crippen molar-refractivity contribution in [3.63, 3.8) is 0 Å². The molecule has 1 aliphatic heterocycles. The van der Waals surface area contributed by atoms with E-state index in [1.54, 1.807) is 72.8 Å². The van der Waals surface area contributed by atoms with Crippen LogP contribution in [0.15, 0.2) is 78.9 Å². The summed E-state index contributed by atoms with van der Waals surface area (Å²) in [5.74, 6) is -0.426. The zero-order valence-electron chi connectivity index (χ0n) is 15.8. The fourth-order valence-electron chi connectivity index (χ4n) is 3.63. The SMILES string of the molecule is COc1ccccc1NC(=O)CN1C(=O)C(O)(c2ccccc2)c2ccccc21. The summed E-state index contributed by atoms with van der Waals surface area (Å²) in [5, 5.41) is 14.2. The van der Waals surface area contributed by atoms with Crippen LogP contribution in [0.3, 0.4) is 0 Å². The van der Waals surface area contributed by atoms with Gasteiger partial charge in [0.25, 0.3) is 5.91 Å². The van der Waals surface area contributed by atoms with Crippen LogP contribution in [0.25, 0.3) is 0 Å². The van der Waals surface area contributed by atoms with E-state index in [0.717, 1.165) is 0 Å². The molecule has 0 radical (unpaired) electrons. The number of nitrogens with zero attached hydrogens (tertiary/aromatic N) is 1. The van der Waals surface area contributed by atoms with Crippen LogP contribution >= 0.6 is 0 Å². The normalized spacial score (nSPS) is 17.7. The third-order valence-corrected chi connectivity index (χ3v) is 5.01. The molecule has 4 rings (SSSR count). The maximum atomic E-state index is 13.3. The van der Waals surface area contributed by atoms with E-state index in [-0.39, 0.29) is 6.54 Å². The molecule has 6 heteroatoms. The standard InChI is InChI=1S/C23H20N2O4/c1-29-20-14-8-6-12-18(20)24-21(26)15-25-19-13-7-5-11-17(19)23(28,22(25)27)16-9-3-2-4-10-16/h2-14,28H,15H2,1H3,(H,24,26). The number of carbonyl (C=O) groups is 2. The number of amides is 2. The number of aliphatic hydroxyl groups is 1. The molecule has 1 aliphatic rings. The molecule has 0 bridgehead atoms. The highest BCUT2D eigenvalue weighted by atomic mass is 16.5. The maximum Gasteiger partial charge on any atom is 0.268 e. The van der Waals surface area contributed by atoms with Gasteiger partial charge < -0.3 is 15.2 Å². The Morgan fingerprint density at radius 3 is 2.41 bits per heavy atom. The Kier molecular flexibility index (Phi) is 4.78. The smallest absolute Gasteiger partial charge is 0.268 e. The van der Waals surface area contributed by atoms with Gasteiger partial charge in [0, 0.05) is 5.56 Å². The molecule has 29 heavy (non-hydrogen) atoms. The highest BCUT2D eigenvalue weighted by Crippen LogP contribution is 2.44. The zero-order valence-corrected chi connectivity index (χ0v) is 15.8. The van der Waals surface area contributed by atoms with E-state index in [9.17, 15) is 14.7 Å². The van der Waals surface area contributed by atoms with Gasteiger partial charge in [0.15, 0.2) is 5.60 Å². The number of nitrogens with one attached hydrogen (secondary N) is 1. The van der Waals surface area contributed by atoms with Crippen molar-refractivity contribution in [3.8, 4) is 5.75 Å². The molecular formula is C23H20N2O4. The summed E-state index contributed by atoms with van der Waals surface area (Å²) in [6, 6.07) is 22.8. The fraction of sp³-hybridized carbons (Fsp3) is 0.130. The number of methoxy groups -OCH3 is 1. The lowest BCUT2D eigenvalue weighted by Crippen LogP contribution is -2.44. The van der Waals surface area contributed by atoms with Gasteiger partial charge in [0.05, 0.1) is 18.5 Å². The lowest BCUT2D eigenvalue weighted by atomic mass is 9.88. The van der Waals surface area contributed by atoms with Gasteiger partial charge in [-0.3, -0.25) is 14.5 Å². The summed E-state index contributed by atoms with van der Waals surface area (Å²) in [6.07, 6.45) is 0. The van der Waals surface area contributed by atoms with E-state index in [0.29, 0.717) is 28.3 Å². The van der Waals surface area contributed by atoms with Crippen LogP contribution in [0, 0.1) is 0 Å². The molecule has 2 amide bonds. The lowest BCUT2D eigenvalue weighted by Gasteiger charge is -2.23. The average Bonchev–Trinajstić information content (AvgIpc) is 2.98. The first-order valence-corrected chi connectivity index (χ1v) is 9.18. The van der Waals surface area contributed by atoms with Gasteiger partial charge in [-0.1, -0.05) is 60.7 Å².